The molecule has 160 valence electrons. The summed E-state index contributed by atoms with van der Waals surface area (Å²) < 4.78 is 5.46. The molecule has 1 aliphatic heterocycles. The standard InChI is InChI=1S/C22H33N5O.HI/c1-5-19-18(21(6-2)28-26-19)15-25-22(23-7-3)24-14-16(4)27-13-12-17-10-8-9-11-20(17)27;/h8-11,16H,5-7,12-15H2,1-4H3,(H2,23,24,25);1H. The molecule has 7 heteroatoms. The Morgan fingerprint density at radius 3 is 2.72 bits per heavy atom. The lowest BCUT2D eigenvalue weighted by Gasteiger charge is -2.28. The molecule has 1 aromatic heterocycles. The number of aromatic nitrogens is 1. The topological polar surface area (TPSA) is 65.7 Å². The number of hydrogen-bond acceptors (Lipinski definition) is 4. The van der Waals surface area contributed by atoms with Crippen molar-refractivity contribution in [3.63, 3.8) is 0 Å². The molecular weight excluding hydrogens is 477 g/mol. The van der Waals surface area contributed by atoms with Crippen LogP contribution in [0.1, 0.15) is 50.3 Å². The summed E-state index contributed by atoms with van der Waals surface area (Å²) in [5.41, 5.74) is 4.95. The zero-order valence-electron chi connectivity index (χ0n) is 18.0. The largest absolute Gasteiger partial charge is 0.366 e. The fourth-order valence-corrected chi connectivity index (χ4v) is 3.79. The zero-order chi connectivity index (χ0) is 19.9. The number of aliphatic imine (C=N–C) groups is 1. The van der Waals surface area contributed by atoms with Crippen LogP contribution in [0.3, 0.4) is 0 Å². The highest BCUT2D eigenvalue weighted by Gasteiger charge is 2.23. The smallest absolute Gasteiger partial charge is 0.191 e. The van der Waals surface area contributed by atoms with Gasteiger partial charge in [-0.1, -0.05) is 37.2 Å². The van der Waals surface area contributed by atoms with Crippen LogP contribution in [0, 0.1) is 0 Å². The summed E-state index contributed by atoms with van der Waals surface area (Å²) in [5.74, 6) is 1.78. The number of nitrogens with one attached hydrogen (secondary N) is 2. The van der Waals surface area contributed by atoms with Gasteiger partial charge in [0.25, 0.3) is 0 Å². The van der Waals surface area contributed by atoms with Gasteiger partial charge >= 0.3 is 0 Å². The first-order chi connectivity index (χ1) is 13.7. The third-order valence-electron chi connectivity index (χ3n) is 5.37. The van der Waals surface area contributed by atoms with E-state index in [0.29, 0.717) is 12.6 Å². The Morgan fingerprint density at radius 2 is 2.00 bits per heavy atom. The molecule has 0 amide bonds. The van der Waals surface area contributed by atoms with Crippen LogP contribution in [-0.2, 0) is 25.8 Å². The van der Waals surface area contributed by atoms with Gasteiger partial charge in [-0.3, -0.25) is 0 Å². The van der Waals surface area contributed by atoms with Crippen LogP contribution in [0.2, 0.25) is 0 Å². The number of fused-ring (bicyclic) bond motifs is 1. The Hall–Kier alpha value is -1.77. The summed E-state index contributed by atoms with van der Waals surface area (Å²) in [6.45, 7) is 11.9. The summed E-state index contributed by atoms with van der Waals surface area (Å²) in [6.07, 6.45) is 2.83. The van der Waals surface area contributed by atoms with E-state index in [2.05, 4.69) is 72.7 Å². The number of para-hydroxylation sites is 1. The van der Waals surface area contributed by atoms with Crippen LogP contribution in [0.4, 0.5) is 5.69 Å². The molecular formula is C22H34IN5O. The SMILES string of the molecule is CCNC(=NCc1c(CC)noc1CC)NCC(C)N1CCc2ccccc21.I. The van der Waals surface area contributed by atoms with Gasteiger partial charge in [0.2, 0.25) is 0 Å². The van der Waals surface area contributed by atoms with E-state index in [1.165, 1.54) is 11.3 Å². The van der Waals surface area contributed by atoms with Crippen LogP contribution in [0.15, 0.2) is 33.8 Å². The van der Waals surface area contributed by atoms with E-state index >= 15 is 0 Å². The van der Waals surface area contributed by atoms with Gasteiger partial charge in [-0.25, -0.2) is 4.99 Å². The molecule has 0 radical (unpaired) electrons. The Bertz CT molecular complexity index is 783. The van der Waals surface area contributed by atoms with Gasteiger partial charge in [0.15, 0.2) is 5.96 Å². The van der Waals surface area contributed by atoms with Crippen molar-refractivity contribution < 1.29 is 4.52 Å². The van der Waals surface area contributed by atoms with Crippen molar-refractivity contribution in [2.24, 2.45) is 4.99 Å². The molecule has 2 heterocycles. The first kappa shape index (κ1) is 23.5. The van der Waals surface area contributed by atoms with E-state index in [1.807, 2.05) is 0 Å². The molecule has 3 rings (SSSR count). The van der Waals surface area contributed by atoms with Gasteiger partial charge in [0, 0.05) is 43.3 Å². The number of aryl methyl sites for hydroxylation is 2. The third-order valence-corrected chi connectivity index (χ3v) is 5.37. The lowest BCUT2D eigenvalue weighted by Crippen LogP contribution is -2.45. The third kappa shape index (κ3) is 5.65. The highest BCUT2D eigenvalue weighted by molar-refractivity contribution is 14.0. The maximum Gasteiger partial charge on any atom is 0.191 e. The quantitative estimate of drug-likeness (QED) is 0.320. The second kappa shape index (κ2) is 11.4. The number of nitrogens with zero attached hydrogens (tertiary/aromatic N) is 3. The van der Waals surface area contributed by atoms with Gasteiger partial charge in [-0.05, 0) is 38.3 Å². The molecule has 0 fully saturated rings. The Labute approximate surface area is 191 Å². The summed E-state index contributed by atoms with van der Waals surface area (Å²) in [4.78, 5) is 7.27. The molecule has 0 spiro atoms. The van der Waals surface area contributed by atoms with E-state index in [-0.39, 0.29) is 24.0 Å². The Balaban J connectivity index is 0.00000300. The van der Waals surface area contributed by atoms with Crippen molar-refractivity contribution in [2.45, 2.75) is 59.5 Å². The minimum absolute atomic E-state index is 0. The highest BCUT2D eigenvalue weighted by Crippen LogP contribution is 2.28. The van der Waals surface area contributed by atoms with E-state index < -0.39 is 0 Å². The maximum absolute atomic E-state index is 5.46. The number of halogens is 1. The van der Waals surface area contributed by atoms with Crippen molar-refractivity contribution in [3.05, 3.63) is 46.8 Å². The van der Waals surface area contributed by atoms with Crippen molar-refractivity contribution >= 4 is 35.6 Å². The minimum atomic E-state index is 0. The fraction of sp³-hybridized carbons (Fsp3) is 0.545. The molecule has 1 aromatic carbocycles. The van der Waals surface area contributed by atoms with Crippen molar-refractivity contribution in [1.29, 1.82) is 0 Å². The van der Waals surface area contributed by atoms with Crippen LogP contribution < -0.4 is 15.5 Å². The molecule has 0 bridgehead atoms. The van der Waals surface area contributed by atoms with Gasteiger partial charge in [0.1, 0.15) is 5.76 Å². The van der Waals surface area contributed by atoms with Crippen LogP contribution in [-0.4, -0.2) is 36.8 Å². The molecule has 2 aromatic rings. The van der Waals surface area contributed by atoms with Crippen LogP contribution in [0.5, 0.6) is 0 Å². The number of hydrogen-bond donors (Lipinski definition) is 2. The lowest BCUT2D eigenvalue weighted by atomic mass is 10.1. The number of guanidine groups is 1. The lowest BCUT2D eigenvalue weighted by molar-refractivity contribution is 0.380. The molecule has 6 nitrogen and oxygen atoms in total. The van der Waals surface area contributed by atoms with Gasteiger partial charge < -0.3 is 20.1 Å². The van der Waals surface area contributed by atoms with E-state index in [4.69, 9.17) is 9.52 Å². The fourth-order valence-electron chi connectivity index (χ4n) is 3.79. The monoisotopic (exact) mass is 511 g/mol. The van der Waals surface area contributed by atoms with E-state index in [0.717, 1.165) is 61.9 Å². The molecule has 29 heavy (non-hydrogen) atoms. The average molecular weight is 511 g/mol. The van der Waals surface area contributed by atoms with Crippen molar-refractivity contribution in [1.82, 2.24) is 15.8 Å². The molecule has 1 unspecified atom stereocenters. The highest BCUT2D eigenvalue weighted by atomic mass is 127. The van der Waals surface area contributed by atoms with Gasteiger partial charge in [0.05, 0.1) is 12.2 Å². The van der Waals surface area contributed by atoms with Crippen molar-refractivity contribution in [2.75, 3.05) is 24.5 Å². The number of rotatable bonds is 8. The molecule has 0 aliphatic carbocycles. The number of benzene rings is 1. The average Bonchev–Trinajstić information content (AvgIpc) is 3.33. The summed E-state index contributed by atoms with van der Waals surface area (Å²) >= 11 is 0. The van der Waals surface area contributed by atoms with Crippen molar-refractivity contribution in [3.8, 4) is 0 Å². The Kier molecular flexibility index (Phi) is 9.26. The molecule has 2 N–H and O–H groups in total. The first-order valence-corrected chi connectivity index (χ1v) is 10.5. The van der Waals surface area contributed by atoms with Gasteiger partial charge in [-0.15, -0.1) is 24.0 Å². The second-order valence-corrected chi connectivity index (χ2v) is 7.24. The summed E-state index contributed by atoms with van der Waals surface area (Å²) in [6, 6.07) is 9.10. The molecule has 0 saturated carbocycles. The maximum atomic E-state index is 5.46. The minimum Gasteiger partial charge on any atom is -0.366 e. The number of anilines is 1. The predicted octanol–water partition coefficient (Wildman–Crippen LogP) is 3.92. The van der Waals surface area contributed by atoms with Gasteiger partial charge in [-0.2, -0.15) is 0 Å². The normalized spacial score (nSPS) is 14.3. The van der Waals surface area contributed by atoms with E-state index in [1.54, 1.807) is 0 Å². The van der Waals surface area contributed by atoms with Crippen LogP contribution in [0.25, 0.3) is 0 Å². The summed E-state index contributed by atoms with van der Waals surface area (Å²) in [5, 5.41) is 11.1. The summed E-state index contributed by atoms with van der Waals surface area (Å²) in [7, 11) is 0. The first-order valence-electron chi connectivity index (χ1n) is 10.5. The molecule has 1 aliphatic rings. The second-order valence-electron chi connectivity index (χ2n) is 7.24. The van der Waals surface area contributed by atoms with Crippen LogP contribution >= 0.6 is 24.0 Å². The van der Waals surface area contributed by atoms with E-state index in [9.17, 15) is 0 Å². The molecule has 0 saturated heterocycles. The molecule has 1 atom stereocenters. The zero-order valence-corrected chi connectivity index (χ0v) is 20.3. The predicted molar refractivity (Wildman–Crippen MR) is 130 cm³/mol. The Morgan fingerprint density at radius 1 is 1.21 bits per heavy atom.